The number of methoxy groups -OCH3 is 1. The van der Waals surface area contributed by atoms with Crippen molar-refractivity contribution in [1.29, 1.82) is 0 Å². The predicted octanol–water partition coefficient (Wildman–Crippen LogP) is 4.36. The van der Waals surface area contributed by atoms with Gasteiger partial charge in [-0.15, -0.1) is 0 Å². The number of carbonyl (C=O) groups excluding carboxylic acids is 1. The highest BCUT2D eigenvalue weighted by Crippen LogP contribution is 2.30. The van der Waals surface area contributed by atoms with E-state index in [2.05, 4.69) is 32.3 Å². The summed E-state index contributed by atoms with van der Waals surface area (Å²) in [5, 5.41) is 4.26. The summed E-state index contributed by atoms with van der Waals surface area (Å²) >= 11 is 0. The van der Waals surface area contributed by atoms with Gasteiger partial charge in [0.2, 0.25) is 0 Å². The number of hydrogen-bond donors (Lipinski definition) is 1. The maximum absolute atomic E-state index is 12.8. The van der Waals surface area contributed by atoms with Crippen LogP contribution in [0.15, 0.2) is 41.2 Å². The Labute approximate surface area is 194 Å². The molecular formula is C26H32N4O3. The molecular weight excluding hydrogens is 416 g/mol. The molecule has 1 saturated heterocycles. The molecule has 1 saturated carbocycles. The van der Waals surface area contributed by atoms with Gasteiger partial charge >= 0.3 is 0 Å². The molecule has 2 fully saturated rings. The first kappa shape index (κ1) is 21.9. The van der Waals surface area contributed by atoms with Crippen LogP contribution in [0, 0.1) is 5.92 Å². The number of piperidine rings is 1. The molecule has 0 radical (unpaired) electrons. The van der Waals surface area contributed by atoms with E-state index in [-0.39, 0.29) is 5.91 Å². The second kappa shape index (κ2) is 9.91. The molecule has 0 unspecified atom stereocenters. The molecule has 3 aromatic rings. The minimum atomic E-state index is -0.0183. The molecule has 1 aromatic carbocycles. The van der Waals surface area contributed by atoms with Crippen molar-refractivity contribution in [2.45, 2.75) is 57.5 Å². The van der Waals surface area contributed by atoms with Crippen LogP contribution in [0.4, 0.5) is 0 Å². The van der Waals surface area contributed by atoms with Crippen LogP contribution in [0.25, 0.3) is 11.0 Å². The zero-order chi connectivity index (χ0) is 22.6. The molecule has 1 amide bonds. The number of amides is 1. The number of likely N-dealkylation sites (tertiary alicyclic amines) is 1. The van der Waals surface area contributed by atoms with Crippen LogP contribution in [0.3, 0.4) is 0 Å². The lowest BCUT2D eigenvalue weighted by Gasteiger charge is -2.31. The van der Waals surface area contributed by atoms with Crippen molar-refractivity contribution in [2.75, 3.05) is 20.2 Å². The maximum Gasteiger partial charge on any atom is 0.254 e. The Kier molecular flexibility index (Phi) is 6.58. The van der Waals surface area contributed by atoms with Gasteiger partial charge < -0.3 is 14.5 Å². The summed E-state index contributed by atoms with van der Waals surface area (Å²) in [4.78, 5) is 23.9. The second-order valence-electron chi connectivity index (χ2n) is 9.35. The number of carbonyl (C=O) groups is 1. The Balaban J connectivity index is 1.17. The standard InChI is InChI=1S/C26H32N4O3/c1-32-24-8-4-5-19-14-21(33-25(19)24)16-30-11-9-18(10-12-30)13-23-22(15-27-17-28-23)26(31)29-20-6-2-3-7-20/h4-5,8,14-15,17-18,20H,2-3,6-7,9-13,16H2,1H3,(H,29,31). The lowest BCUT2D eigenvalue weighted by atomic mass is 9.90. The second-order valence-corrected chi connectivity index (χ2v) is 9.35. The SMILES string of the molecule is COc1cccc2cc(CN3CCC(Cc4ncncc4C(=O)NC4CCCC4)CC3)oc12. The Bertz CT molecular complexity index is 1100. The van der Waals surface area contributed by atoms with Crippen LogP contribution in [-0.2, 0) is 13.0 Å². The van der Waals surface area contributed by atoms with Gasteiger partial charge in [-0.25, -0.2) is 9.97 Å². The number of ether oxygens (including phenoxy) is 1. The molecule has 0 bridgehead atoms. The Morgan fingerprint density at radius 2 is 2.03 bits per heavy atom. The number of fused-ring (bicyclic) bond motifs is 1. The molecule has 0 atom stereocenters. The number of aromatic nitrogens is 2. The van der Waals surface area contributed by atoms with Gasteiger partial charge in [0, 0.05) is 17.6 Å². The first-order valence-electron chi connectivity index (χ1n) is 12.1. The molecule has 7 heteroatoms. The molecule has 1 aliphatic heterocycles. The minimum Gasteiger partial charge on any atom is -0.493 e. The molecule has 5 rings (SSSR count). The van der Waals surface area contributed by atoms with E-state index < -0.39 is 0 Å². The van der Waals surface area contributed by atoms with Crippen LogP contribution < -0.4 is 10.1 Å². The van der Waals surface area contributed by atoms with Gasteiger partial charge in [-0.1, -0.05) is 25.0 Å². The zero-order valence-corrected chi connectivity index (χ0v) is 19.3. The minimum absolute atomic E-state index is 0.0183. The van der Waals surface area contributed by atoms with Gasteiger partial charge in [-0.05, 0) is 63.2 Å². The molecule has 1 aliphatic carbocycles. The summed E-state index contributed by atoms with van der Waals surface area (Å²) in [6.07, 6.45) is 10.8. The topological polar surface area (TPSA) is 80.5 Å². The number of hydrogen-bond acceptors (Lipinski definition) is 6. The molecule has 33 heavy (non-hydrogen) atoms. The number of furan rings is 1. The summed E-state index contributed by atoms with van der Waals surface area (Å²) in [5.41, 5.74) is 2.34. The third-order valence-electron chi connectivity index (χ3n) is 7.08. The van der Waals surface area contributed by atoms with Crippen LogP contribution in [0.5, 0.6) is 5.75 Å². The summed E-state index contributed by atoms with van der Waals surface area (Å²) in [6.45, 7) is 2.81. The quantitative estimate of drug-likeness (QED) is 0.579. The molecule has 3 heterocycles. The zero-order valence-electron chi connectivity index (χ0n) is 19.3. The van der Waals surface area contributed by atoms with Gasteiger partial charge in [0.1, 0.15) is 12.1 Å². The Morgan fingerprint density at radius 3 is 2.82 bits per heavy atom. The van der Waals surface area contributed by atoms with Gasteiger partial charge in [0.15, 0.2) is 11.3 Å². The first-order valence-corrected chi connectivity index (χ1v) is 12.1. The highest BCUT2D eigenvalue weighted by atomic mass is 16.5. The fourth-order valence-corrected chi connectivity index (χ4v) is 5.21. The van der Waals surface area contributed by atoms with Crippen molar-refractivity contribution in [3.63, 3.8) is 0 Å². The summed E-state index contributed by atoms with van der Waals surface area (Å²) in [7, 11) is 1.67. The van der Waals surface area contributed by atoms with Crippen molar-refractivity contribution >= 4 is 16.9 Å². The first-order chi connectivity index (χ1) is 16.2. The lowest BCUT2D eigenvalue weighted by Crippen LogP contribution is -2.35. The van der Waals surface area contributed by atoms with E-state index in [1.807, 2.05) is 12.1 Å². The molecule has 174 valence electrons. The predicted molar refractivity (Wildman–Crippen MR) is 126 cm³/mol. The van der Waals surface area contributed by atoms with E-state index in [1.54, 1.807) is 19.6 Å². The smallest absolute Gasteiger partial charge is 0.254 e. The molecule has 7 nitrogen and oxygen atoms in total. The van der Waals surface area contributed by atoms with E-state index in [1.165, 1.54) is 12.8 Å². The molecule has 2 aromatic heterocycles. The van der Waals surface area contributed by atoms with E-state index in [4.69, 9.17) is 9.15 Å². The van der Waals surface area contributed by atoms with E-state index in [0.717, 1.165) is 79.9 Å². The van der Waals surface area contributed by atoms with Crippen molar-refractivity contribution in [3.05, 3.63) is 53.8 Å². The Morgan fingerprint density at radius 1 is 1.21 bits per heavy atom. The average molecular weight is 449 g/mol. The van der Waals surface area contributed by atoms with Crippen molar-refractivity contribution in [1.82, 2.24) is 20.2 Å². The fourth-order valence-electron chi connectivity index (χ4n) is 5.21. The highest BCUT2D eigenvalue weighted by molar-refractivity contribution is 5.95. The van der Waals surface area contributed by atoms with Crippen LogP contribution in [0.1, 0.15) is 60.3 Å². The van der Waals surface area contributed by atoms with Crippen molar-refractivity contribution < 1.29 is 13.9 Å². The largest absolute Gasteiger partial charge is 0.493 e. The van der Waals surface area contributed by atoms with Gasteiger partial charge in [-0.2, -0.15) is 0 Å². The fraction of sp³-hybridized carbons (Fsp3) is 0.500. The van der Waals surface area contributed by atoms with Gasteiger partial charge in [0.05, 0.1) is 24.9 Å². The van der Waals surface area contributed by atoms with Gasteiger partial charge in [0.25, 0.3) is 5.91 Å². The summed E-state index contributed by atoms with van der Waals surface area (Å²) in [5.74, 6) is 2.24. The van der Waals surface area contributed by atoms with Crippen LogP contribution in [-0.4, -0.2) is 47.0 Å². The number of benzene rings is 1. The highest BCUT2D eigenvalue weighted by Gasteiger charge is 2.25. The normalized spacial score (nSPS) is 18.1. The summed E-state index contributed by atoms with van der Waals surface area (Å²) in [6, 6.07) is 8.38. The monoisotopic (exact) mass is 448 g/mol. The average Bonchev–Trinajstić information content (AvgIpc) is 3.50. The van der Waals surface area contributed by atoms with Crippen LogP contribution in [0.2, 0.25) is 0 Å². The third kappa shape index (κ3) is 5.03. The third-order valence-corrected chi connectivity index (χ3v) is 7.08. The number of nitrogens with one attached hydrogen (secondary N) is 1. The van der Waals surface area contributed by atoms with Crippen LogP contribution >= 0.6 is 0 Å². The van der Waals surface area contributed by atoms with E-state index >= 15 is 0 Å². The summed E-state index contributed by atoms with van der Waals surface area (Å²) < 4.78 is 11.5. The lowest BCUT2D eigenvalue weighted by molar-refractivity contribution is 0.0935. The number of rotatable bonds is 7. The number of para-hydroxylation sites is 1. The molecule has 1 N–H and O–H groups in total. The molecule has 2 aliphatic rings. The molecule has 0 spiro atoms. The van der Waals surface area contributed by atoms with E-state index in [9.17, 15) is 4.79 Å². The van der Waals surface area contributed by atoms with Crippen molar-refractivity contribution in [2.24, 2.45) is 5.92 Å². The van der Waals surface area contributed by atoms with E-state index in [0.29, 0.717) is 17.5 Å². The maximum atomic E-state index is 12.8. The Hall–Kier alpha value is -2.93. The van der Waals surface area contributed by atoms with Crippen molar-refractivity contribution in [3.8, 4) is 5.75 Å². The number of nitrogens with zero attached hydrogens (tertiary/aromatic N) is 3. The van der Waals surface area contributed by atoms with Gasteiger partial charge in [-0.3, -0.25) is 9.69 Å².